The van der Waals surface area contributed by atoms with Gasteiger partial charge in [-0.05, 0) is 24.0 Å². The molecule has 1 atom stereocenters. The highest BCUT2D eigenvalue weighted by Crippen LogP contribution is 2.33. The van der Waals surface area contributed by atoms with Crippen molar-refractivity contribution in [3.05, 3.63) is 35.4 Å². The van der Waals surface area contributed by atoms with E-state index >= 15 is 0 Å². The Labute approximate surface area is 128 Å². The first kappa shape index (κ1) is 18.9. The third kappa shape index (κ3) is 7.33. The van der Waals surface area contributed by atoms with Crippen LogP contribution in [0.2, 0.25) is 0 Å². The van der Waals surface area contributed by atoms with E-state index in [1.807, 2.05) is 0 Å². The fraction of sp³-hybridized carbons (Fsp3) is 0.647. The van der Waals surface area contributed by atoms with E-state index in [4.69, 9.17) is 0 Å². The molecule has 0 heterocycles. The molecule has 0 aromatic heterocycles. The quantitative estimate of drug-likeness (QED) is 0.400. The van der Waals surface area contributed by atoms with Crippen LogP contribution in [0.15, 0.2) is 24.3 Å². The molecule has 0 N–H and O–H groups in total. The smallest absolute Gasteiger partial charge is 0.00440 e. The zero-order valence-electron chi connectivity index (χ0n) is 12.7. The largest absolute Gasteiger partial charge is 0.147 e. The van der Waals surface area contributed by atoms with E-state index in [2.05, 4.69) is 54.3 Å². The lowest BCUT2D eigenvalue weighted by atomic mass is 9.93. The number of unbranched alkanes of at least 4 members (excludes halogenated alkanes) is 5. The molecule has 1 unspecified atom stereocenters. The van der Waals surface area contributed by atoms with Crippen LogP contribution in [-0.4, -0.2) is 0 Å². The van der Waals surface area contributed by atoms with Crippen molar-refractivity contribution in [2.75, 3.05) is 0 Å². The highest BCUT2D eigenvalue weighted by molar-refractivity contribution is 7.18. The van der Waals surface area contributed by atoms with Crippen LogP contribution < -0.4 is 0 Å². The van der Waals surface area contributed by atoms with Crippen LogP contribution in [0.5, 0.6) is 0 Å². The third-order valence-corrected chi connectivity index (χ3v) is 3.82. The zero-order valence-corrected chi connectivity index (χ0v) is 14.7. The first-order valence-corrected chi connectivity index (χ1v) is 8.00. The van der Waals surface area contributed by atoms with E-state index in [9.17, 15) is 0 Å². The minimum absolute atomic E-state index is 0. The molecule has 0 aliphatic carbocycles. The van der Waals surface area contributed by atoms with Gasteiger partial charge >= 0.3 is 0 Å². The summed E-state index contributed by atoms with van der Waals surface area (Å²) in [5.41, 5.74) is 3.02. The molecule has 0 amide bonds. The standard InChI is InChI=1S/C17H29P.ClH/c1-4-5-6-7-8-9-12-15-13-10-11-14-16(15)17(2,3)18;/h10-11,13-14H,4-9,12,18H2,1-3H3;1H. The van der Waals surface area contributed by atoms with E-state index in [0.29, 0.717) is 0 Å². The Balaban J connectivity index is 0.00000324. The molecule has 0 saturated carbocycles. The molecule has 0 bridgehead atoms. The van der Waals surface area contributed by atoms with Crippen LogP contribution >= 0.6 is 21.6 Å². The predicted molar refractivity (Wildman–Crippen MR) is 93.5 cm³/mol. The molecule has 0 fully saturated rings. The summed E-state index contributed by atoms with van der Waals surface area (Å²) in [6.45, 7) is 6.83. The molecule has 19 heavy (non-hydrogen) atoms. The Hall–Kier alpha value is -0.0600. The summed E-state index contributed by atoms with van der Waals surface area (Å²) >= 11 is 0. The first-order chi connectivity index (χ1) is 8.55. The number of hydrogen-bond donors (Lipinski definition) is 0. The fourth-order valence-electron chi connectivity index (χ4n) is 2.46. The van der Waals surface area contributed by atoms with Gasteiger partial charge in [-0.15, -0.1) is 21.6 Å². The molecule has 110 valence electrons. The topological polar surface area (TPSA) is 0 Å². The van der Waals surface area contributed by atoms with Gasteiger partial charge in [-0.1, -0.05) is 77.1 Å². The summed E-state index contributed by atoms with van der Waals surface area (Å²) in [6.07, 6.45) is 9.50. The van der Waals surface area contributed by atoms with Gasteiger partial charge in [-0.3, -0.25) is 0 Å². The molecule has 0 aliphatic heterocycles. The molecule has 0 saturated heterocycles. The van der Waals surface area contributed by atoms with Crippen molar-refractivity contribution in [2.45, 2.75) is 70.9 Å². The first-order valence-electron chi connectivity index (χ1n) is 7.43. The normalized spacial score (nSPS) is 11.2. The summed E-state index contributed by atoms with van der Waals surface area (Å²) in [4.78, 5) is 0. The number of rotatable bonds is 8. The van der Waals surface area contributed by atoms with Gasteiger partial charge < -0.3 is 0 Å². The van der Waals surface area contributed by atoms with E-state index in [1.54, 1.807) is 0 Å². The van der Waals surface area contributed by atoms with Gasteiger partial charge in [-0.2, -0.15) is 0 Å². The summed E-state index contributed by atoms with van der Waals surface area (Å²) < 4.78 is 0. The van der Waals surface area contributed by atoms with Crippen LogP contribution in [0.3, 0.4) is 0 Å². The Kier molecular flexibility index (Phi) is 9.75. The molecule has 0 aliphatic rings. The molecule has 0 spiro atoms. The van der Waals surface area contributed by atoms with Crippen molar-refractivity contribution in [3.63, 3.8) is 0 Å². The zero-order chi connectivity index (χ0) is 13.4. The second kappa shape index (κ2) is 9.78. The van der Waals surface area contributed by atoms with Crippen molar-refractivity contribution in [1.29, 1.82) is 0 Å². The van der Waals surface area contributed by atoms with E-state index in [1.165, 1.54) is 56.1 Å². The second-order valence-corrected chi connectivity index (χ2v) is 7.34. The van der Waals surface area contributed by atoms with E-state index < -0.39 is 0 Å². The van der Waals surface area contributed by atoms with Crippen molar-refractivity contribution >= 4 is 21.6 Å². The second-order valence-electron chi connectivity index (χ2n) is 5.90. The maximum absolute atomic E-state index is 2.97. The summed E-state index contributed by atoms with van der Waals surface area (Å²) in [7, 11) is 2.97. The average molecular weight is 301 g/mol. The molecule has 2 heteroatoms. The number of halogens is 1. The van der Waals surface area contributed by atoms with Crippen LogP contribution in [0, 0.1) is 0 Å². The SMILES string of the molecule is CCCCCCCCc1ccccc1C(C)(C)P.Cl. The average Bonchev–Trinajstić information content (AvgIpc) is 2.33. The minimum Gasteiger partial charge on any atom is -0.147 e. The Morgan fingerprint density at radius 3 is 2.16 bits per heavy atom. The van der Waals surface area contributed by atoms with Crippen molar-refractivity contribution in [1.82, 2.24) is 0 Å². The lowest BCUT2D eigenvalue weighted by Crippen LogP contribution is -2.10. The van der Waals surface area contributed by atoms with Gasteiger partial charge in [0, 0.05) is 5.16 Å². The van der Waals surface area contributed by atoms with Gasteiger partial charge in [0.15, 0.2) is 0 Å². The maximum Gasteiger partial charge on any atom is 0.00440 e. The molecule has 1 rings (SSSR count). The van der Waals surface area contributed by atoms with Gasteiger partial charge in [0.05, 0.1) is 0 Å². The van der Waals surface area contributed by atoms with Crippen LogP contribution in [0.1, 0.15) is 70.4 Å². The monoisotopic (exact) mass is 300 g/mol. The summed E-state index contributed by atoms with van der Waals surface area (Å²) in [5, 5.41) is 0.193. The third-order valence-electron chi connectivity index (χ3n) is 3.51. The number of hydrogen-bond acceptors (Lipinski definition) is 0. The van der Waals surface area contributed by atoms with Gasteiger partial charge in [-0.25, -0.2) is 0 Å². The van der Waals surface area contributed by atoms with Crippen LogP contribution in [0.4, 0.5) is 0 Å². The lowest BCUT2D eigenvalue weighted by molar-refractivity contribution is 0.604. The van der Waals surface area contributed by atoms with Gasteiger partial charge in [0.2, 0.25) is 0 Å². The lowest BCUT2D eigenvalue weighted by Gasteiger charge is -2.22. The maximum atomic E-state index is 2.97. The van der Waals surface area contributed by atoms with Crippen molar-refractivity contribution in [2.24, 2.45) is 0 Å². The van der Waals surface area contributed by atoms with Crippen LogP contribution in [-0.2, 0) is 11.6 Å². The summed E-state index contributed by atoms with van der Waals surface area (Å²) in [6, 6.07) is 8.91. The molecule has 1 aromatic rings. The molecule has 1 aromatic carbocycles. The number of benzene rings is 1. The highest BCUT2D eigenvalue weighted by Gasteiger charge is 2.16. The predicted octanol–water partition coefficient (Wildman–Crippen LogP) is 6.12. The molecular weight excluding hydrogens is 271 g/mol. The minimum atomic E-state index is 0. The van der Waals surface area contributed by atoms with E-state index in [0.717, 1.165) is 0 Å². The molecule has 0 nitrogen and oxygen atoms in total. The molecular formula is C17H30ClP. The van der Waals surface area contributed by atoms with E-state index in [-0.39, 0.29) is 17.6 Å². The van der Waals surface area contributed by atoms with Gasteiger partial charge in [0.25, 0.3) is 0 Å². The highest BCUT2D eigenvalue weighted by atomic mass is 35.5. The Morgan fingerprint density at radius 2 is 1.53 bits per heavy atom. The number of aryl methyl sites for hydroxylation is 1. The molecule has 0 radical (unpaired) electrons. The van der Waals surface area contributed by atoms with Crippen LogP contribution in [0.25, 0.3) is 0 Å². The Bertz CT molecular complexity index is 341. The van der Waals surface area contributed by atoms with Gasteiger partial charge in [0.1, 0.15) is 0 Å². The Morgan fingerprint density at radius 1 is 0.947 bits per heavy atom. The van der Waals surface area contributed by atoms with Crippen molar-refractivity contribution < 1.29 is 0 Å². The van der Waals surface area contributed by atoms with Crippen molar-refractivity contribution in [3.8, 4) is 0 Å². The fourth-order valence-corrected chi connectivity index (χ4v) is 2.74. The summed E-state index contributed by atoms with van der Waals surface area (Å²) in [5.74, 6) is 0.